The number of thioether (sulfide) groups is 3. The Morgan fingerprint density at radius 1 is 1.08 bits per heavy atom. The van der Waals surface area contributed by atoms with Crippen LogP contribution in [0.25, 0.3) is 0 Å². The minimum absolute atomic E-state index is 0.0231. The fourth-order valence-electron chi connectivity index (χ4n) is 2.44. The van der Waals surface area contributed by atoms with E-state index in [1.165, 1.54) is 29.2 Å². The third-order valence-corrected chi connectivity index (χ3v) is 7.96. The van der Waals surface area contributed by atoms with Gasteiger partial charge in [-0.15, -0.1) is 35.3 Å². The van der Waals surface area contributed by atoms with Crippen LogP contribution in [0.3, 0.4) is 0 Å². The van der Waals surface area contributed by atoms with Crippen molar-refractivity contribution in [1.82, 2.24) is 5.32 Å². The van der Waals surface area contributed by atoms with E-state index < -0.39 is 0 Å². The zero-order valence-electron chi connectivity index (χ0n) is 13.7. The SMILES string of the molecule is O=C(NCCCSc1ccc(F)cc1)c1ccc(C2SCCS2)cc1. The fraction of sp³-hybridized carbons (Fsp3) is 0.316. The zero-order valence-corrected chi connectivity index (χ0v) is 16.2. The van der Waals surface area contributed by atoms with E-state index in [0.29, 0.717) is 16.7 Å². The highest BCUT2D eigenvalue weighted by atomic mass is 32.2. The highest BCUT2D eigenvalue weighted by Crippen LogP contribution is 2.45. The van der Waals surface area contributed by atoms with Crippen molar-refractivity contribution < 1.29 is 9.18 Å². The quantitative estimate of drug-likeness (QED) is 0.516. The van der Waals surface area contributed by atoms with Crippen molar-refractivity contribution >= 4 is 41.2 Å². The van der Waals surface area contributed by atoms with E-state index in [1.807, 2.05) is 35.7 Å². The predicted octanol–water partition coefficient (Wildman–Crippen LogP) is 5.22. The van der Waals surface area contributed by atoms with E-state index >= 15 is 0 Å². The molecule has 0 spiro atoms. The van der Waals surface area contributed by atoms with Gasteiger partial charge in [-0.2, -0.15) is 0 Å². The average Bonchev–Trinajstić information content (AvgIpc) is 3.18. The number of halogens is 1. The van der Waals surface area contributed by atoms with Gasteiger partial charge in [-0.05, 0) is 54.1 Å². The van der Waals surface area contributed by atoms with Crippen molar-refractivity contribution in [2.45, 2.75) is 15.9 Å². The first-order valence-corrected chi connectivity index (χ1v) is 11.3. The Bertz CT molecular complexity index is 685. The van der Waals surface area contributed by atoms with E-state index in [4.69, 9.17) is 0 Å². The Balaban J connectivity index is 1.38. The Morgan fingerprint density at radius 3 is 2.44 bits per heavy atom. The summed E-state index contributed by atoms with van der Waals surface area (Å²) in [6.45, 7) is 0.642. The number of amides is 1. The first kappa shape index (κ1) is 18.7. The molecule has 0 saturated carbocycles. The summed E-state index contributed by atoms with van der Waals surface area (Å²) in [5.74, 6) is 3.06. The molecule has 1 saturated heterocycles. The van der Waals surface area contributed by atoms with Crippen LogP contribution in [-0.2, 0) is 0 Å². The fourth-order valence-corrected chi connectivity index (χ4v) is 6.15. The van der Waals surface area contributed by atoms with Crippen LogP contribution in [0.2, 0.25) is 0 Å². The number of hydrogen-bond acceptors (Lipinski definition) is 4. The van der Waals surface area contributed by atoms with Gasteiger partial charge < -0.3 is 5.32 Å². The minimum atomic E-state index is -0.215. The number of carbonyl (C=O) groups is 1. The molecule has 1 aliphatic rings. The van der Waals surface area contributed by atoms with Gasteiger partial charge in [0.25, 0.3) is 5.91 Å². The molecular weight excluding hydrogens is 373 g/mol. The normalized spacial score (nSPS) is 14.6. The molecule has 2 aromatic carbocycles. The minimum Gasteiger partial charge on any atom is -0.352 e. The van der Waals surface area contributed by atoms with E-state index in [2.05, 4.69) is 17.4 Å². The van der Waals surface area contributed by atoms with Crippen LogP contribution in [0.1, 0.15) is 26.9 Å². The molecule has 0 bridgehead atoms. The second kappa shape index (κ2) is 9.55. The van der Waals surface area contributed by atoms with Crippen LogP contribution in [0.15, 0.2) is 53.4 Å². The Labute approximate surface area is 160 Å². The summed E-state index contributed by atoms with van der Waals surface area (Å²) < 4.78 is 13.3. The lowest BCUT2D eigenvalue weighted by atomic mass is 10.1. The first-order valence-electron chi connectivity index (χ1n) is 8.22. The molecule has 2 nitrogen and oxygen atoms in total. The molecule has 0 aliphatic carbocycles. The summed E-state index contributed by atoms with van der Waals surface area (Å²) in [6.07, 6.45) is 0.876. The van der Waals surface area contributed by atoms with Crippen molar-refractivity contribution in [3.63, 3.8) is 0 Å². The lowest BCUT2D eigenvalue weighted by molar-refractivity contribution is 0.0954. The lowest BCUT2D eigenvalue weighted by Crippen LogP contribution is -2.24. The highest BCUT2D eigenvalue weighted by molar-refractivity contribution is 8.19. The Hall–Kier alpha value is -1.11. The summed E-state index contributed by atoms with van der Waals surface area (Å²) in [4.78, 5) is 13.2. The van der Waals surface area contributed by atoms with E-state index in [9.17, 15) is 9.18 Å². The van der Waals surface area contributed by atoms with Gasteiger partial charge in [-0.1, -0.05) is 12.1 Å². The topological polar surface area (TPSA) is 29.1 Å². The molecule has 0 unspecified atom stereocenters. The van der Waals surface area contributed by atoms with Gasteiger partial charge in [0.15, 0.2) is 0 Å². The van der Waals surface area contributed by atoms with Crippen molar-refractivity contribution in [3.05, 3.63) is 65.5 Å². The van der Waals surface area contributed by atoms with Crippen LogP contribution in [0, 0.1) is 5.82 Å². The number of benzene rings is 2. The van der Waals surface area contributed by atoms with E-state index in [1.54, 1.807) is 23.9 Å². The summed E-state index contributed by atoms with van der Waals surface area (Å²) in [7, 11) is 0. The van der Waals surface area contributed by atoms with Crippen LogP contribution >= 0.6 is 35.3 Å². The molecule has 25 heavy (non-hydrogen) atoms. The molecule has 6 heteroatoms. The summed E-state index contributed by atoms with van der Waals surface area (Å²) >= 11 is 5.60. The van der Waals surface area contributed by atoms with E-state index in [-0.39, 0.29) is 11.7 Å². The molecule has 1 N–H and O–H groups in total. The van der Waals surface area contributed by atoms with Crippen LogP contribution in [-0.4, -0.2) is 29.7 Å². The molecule has 3 rings (SSSR count). The largest absolute Gasteiger partial charge is 0.352 e. The van der Waals surface area contributed by atoms with Gasteiger partial charge >= 0.3 is 0 Å². The second-order valence-electron chi connectivity index (χ2n) is 5.61. The third-order valence-electron chi connectivity index (χ3n) is 3.76. The maximum atomic E-state index is 12.8. The van der Waals surface area contributed by atoms with Gasteiger partial charge in [0.1, 0.15) is 5.82 Å². The summed E-state index contributed by atoms with van der Waals surface area (Å²) in [6, 6.07) is 14.5. The molecule has 1 aliphatic heterocycles. The van der Waals surface area contributed by atoms with Gasteiger partial charge in [-0.3, -0.25) is 4.79 Å². The molecule has 0 atom stereocenters. The lowest BCUT2D eigenvalue weighted by Gasteiger charge is -2.09. The molecule has 132 valence electrons. The Kier molecular flexibility index (Phi) is 7.13. The van der Waals surface area contributed by atoms with Crippen molar-refractivity contribution in [2.75, 3.05) is 23.8 Å². The number of carbonyl (C=O) groups excluding carboxylic acids is 1. The van der Waals surface area contributed by atoms with Gasteiger partial charge in [0, 0.05) is 28.5 Å². The molecular formula is C19H20FNOS3. The van der Waals surface area contributed by atoms with Gasteiger partial charge in [0.05, 0.1) is 4.58 Å². The van der Waals surface area contributed by atoms with E-state index in [0.717, 1.165) is 17.1 Å². The molecule has 1 heterocycles. The van der Waals surface area contributed by atoms with Crippen molar-refractivity contribution in [3.8, 4) is 0 Å². The molecule has 0 radical (unpaired) electrons. The first-order chi connectivity index (χ1) is 12.2. The Morgan fingerprint density at radius 2 is 1.76 bits per heavy atom. The number of hydrogen-bond donors (Lipinski definition) is 1. The molecule has 0 aromatic heterocycles. The van der Waals surface area contributed by atoms with Crippen LogP contribution < -0.4 is 5.32 Å². The molecule has 1 fully saturated rings. The predicted molar refractivity (Wildman–Crippen MR) is 108 cm³/mol. The highest BCUT2D eigenvalue weighted by Gasteiger charge is 2.18. The van der Waals surface area contributed by atoms with Gasteiger partial charge in [-0.25, -0.2) is 4.39 Å². The number of nitrogens with one attached hydrogen (secondary N) is 1. The summed E-state index contributed by atoms with van der Waals surface area (Å²) in [5.41, 5.74) is 2.00. The number of rotatable bonds is 7. The standard InChI is InChI=1S/C19H20FNOS3/c20-16-6-8-17(9-7-16)23-11-1-10-21-18(22)14-2-4-15(5-3-14)19-24-12-13-25-19/h2-9,19H,1,10-13H2,(H,21,22). The zero-order chi connectivity index (χ0) is 17.5. The smallest absolute Gasteiger partial charge is 0.251 e. The second-order valence-corrected chi connectivity index (χ2v) is 9.50. The maximum Gasteiger partial charge on any atom is 0.251 e. The molecule has 1 amide bonds. The average molecular weight is 394 g/mol. The monoisotopic (exact) mass is 393 g/mol. The van der Waals surface area contributed by atoms with Crippen LogP contribution in [0.4, 0.5) is 4.39 Å². The third kappa shape index (κ3) is 5.69. The van der Waals surface area contributed by atoms with Gasteiger partial charge in [0.2, 0.25) is 0 Å². The molecule has 2 aromatic rings. The van der Waals surface area contributed by atoms with Crippen molar-refractivity contribution in [2.24, 2.45) is 0 Å². The maximum absolute atomic E-state index is 12.8. The van der Waals surface area contributed by atoms with Crippen molar-refractivity contribution in [1.29, 1.82) is 0 Å². The summed E-state index contributed by atoms with van der Waals surface area (Å²) in [5, 5.41) is 2.96. The van der Waals surface area contributed by atoms with Crippen LogP contribution in [0.5, 0.6) is 0 Å².